The number of pyridine rings is 1. The Kier molecular flexibility index (Phi) is 5.09. The normalized spacial score (nSPS) is 9.94. The number of hydrogen-bond acceptors (Lipinski definition) is 4. The molecular formula is C11H14N2O4. The summed E-state index contributed by atoms with van der Waals surface area (Å²) in [7, 11) is 0. The highest BCUT2D eigenvalue weighted by Gasteiger charge is 2.08. The predicted molar refractivity (Wildman–Crippen MR) is 59.8 cm³/mol. The molecule has 0 saturated carbocycles. The van der Waals surface area contributed by atoms with Crippen molar-refractivity contribution in [1.82, 2.24) is 10.3 Å². The molecule has 0 bridgehead atoms. The number of carboxylic acids is 1. The van der Waals surface area contributed by atoms with Crippen LogP contribution in [-0.4, -0.2) is 41.7 Å². The molecule has 0 atom stereocenters. The van der Waals surface area contributed by atoms with Gasteiger partial charge in [0.25, 0.3) is 5.91 Å². The second-order valence-electron chi connectivity index (χ2n) is 3.37. The van der Waals surface area contributed by atoms with Crippen molar-refractivity contribution in [3.8, 4) is 0 Å². The van der Waals surface area contributed by atoms with Crippen molar-refractivity contribution in [3.63, 3.8) is 0 Å². The molecule has 0 unspecified atom stereocenters. The van der Waals surface area contributed by atoms with Gasteiger partial charge in [0.05, 0.1) is 6.61 Å². The molecule has 0 spiro atoms. The number of carbonyl (C=O) groups excluding carboxylic acids is 1. The summed E-state index contributed by atoms with van der Waals surface area (Å²) in [6.07, 6.45) is 1.54. The first kappa shape index (κ1) is 13.1. The van der Waals surface area contributed by atoms with E-state index in [-0.39, 0.29) is 25.7 Å². The van der Waals surface area contributed by atoms with Crippen LogP contribution < -0.4 is 5.32 Å². The fraction of sp³-hybridized carbons (Fsp3) is 0.364. The zero-order valence-electron chi connectivity index (χ0n) is 9.47. The van der Waals surface area contributed by atoms with Crippen LogP contribution in [0.25, 0.3) is 0 Å². The molecule has 2 N–H and O–H groups in total. The van der Waals surface area contributed by atoms with Crippen LogP contribution in [0.3, 0.4) is 0 Å². The number of hydrogen-bond donors (Lipinski definition) is 2. The van der Waals surface area contributed by atoms with E-state index in [9.17, 15) is 9.59 Å². The summed E-state index contributed by atoms with van der Waals surface area (Å²) in [6, 6.07) is 3.55. The molecule has 92 valence electrons. The molecule has 1 heterocycles. The number of rotatable bonds is 6. The van der Waals surface area contributed by atoms with Gasteiger partial charge in [0.1, 0.15) is 12.3 Å². The van der Waals surface area contributed by atoms with Crippen LogP contribution in [0.5, 0.6) is 0 Å². The quantitative estimate of drug-likeness (QED) is 0.692. The van der Waals surface area contributed by atoms with Gasteiger partial charge < -0.3 is 15.2 Å². The van der Waals surface area contributed by atoms with Crippen molar-refractivity contribution in [3.05, 3.63) is 29.6 Å². The van der Waals surface area contributed by atoms with Crippen molar-refractivity contribution < 1.29 is 19.4 Å². The standard InChI is InChI=1S/C11H14N2O4/c1-8-3-2-4-12-10(8)11(16)13-5-6-17-7-9(14)15/h2-4H,5-7H2,1H3,(H,13,16)(H,14,15). The molecule has 1 aromatic rings. The van der Waals surface area contributed by atoms with E-state index in [2.05, 4.69) is 10.3 Å². The molecule has 17 heavy (non-hydrogen) atoms. The Morgan fingerprint density at radius 3 is 2.94 bits per heavy atom. The highest BCUT2D eigenvalue weighted by atomic mass is 16.5. The molecule has 6 nitrogen and oxygen atoms in total. The van der Waals surface area contributed by atoms with Crippen molar-refractivity contribution >= 4 is 11.9 Å². The highest BCUT2D eigenvalue weighted by molar-refractivity contribution is 5.93. The third-order valence-corrected chi connectivity index (χ3v) is 1.98. The van der Waals surface area contributed by atoms with Crippen LogP contribution in [0, 0.1) is 6.92 Å². The maximum Gasteiger partial charge on any atom is 0.329 e. The number of aromatic nitrogens is 1. The molecule has 0 radical (unpaired) electrons. The van der Waals surface area contributed by atoms with Gasteiger partial charge in [0.15, 0.2) is 0 Å². The lowest BCUT2D eigenvalue weighted by molar-refractivity contribution is -0.142. The van der Waals surface area contributed by atoms with E-state index in [4.69, 9.17) is 9.84 Å². The summed E-state index contributed by atoms with van der Waals surface area (Å²) in [5.41, 5.74) is 1.15. The van der Waals surface area contributed by atoms with Gasteiger partial charge >= 0.3 is 5.97 Å². The van der Waals surface area contributed by atoms with Gasteiger partial charge in [-0.15, -0.1) is 0 Å². The van der Waals surface area contributed by atoms with E-state index in [1.165, 1.54) is 0 Å². The summed E-state index contributed by atoms with van der Waals surface area (Å²) in [5.74, 6) is -1.32. The molecule has 0 aromatic carbocycles. The largest absolute Gasteiger partial charge is 0.480 e. The molecule has 0 aliphatic heterocycles. The summed E-state index contributed by atoms with van der Waals surface area (Å²) in [5, 5.41) is 10.9. The molecule has 0 saturated heterocycles. The predicted octanol–water partition coefficient (Wildman–Crippen LogP) is 0.221. The van der Waals surface area contributed by atoms with Gasteiger partial charge in [-0.2, -0.15) is 0 Å². The van der Waals surface area contributed by atoms with Crippen LogP contribution >= 0.6 is 0 Å². The Balaban J connectivity index is 2.31. The fourth-order valence-corrected chi connectivity index (χ4v) is 1.20. The molecule has 0 aliphatic carbocycles. The molecular weight excluding hydrogens is 224 g/mol. The molecule has 6 heteroatoms. The number of nitrogens with zero attached hydrogens (tertiary/aromatic N) is 1. The molecule has 0 fully saturated rings. The SMILES string of the molecule is Cc1cccnc1C(=O)NCCOCC(=O)O. The van der Waals surface area contributed by atoms with Crippen LogP contribution in [0.2, 0.25) is 0 Å². The van der Waals surface area contributed by atoms with Gasteiger partial charge in [-0.1, -0.05) is 6.07 Å². The van der Waals surface area contributed by atoms with E-state index in [0.29, 0.717) is 5.69 Å². The van der Waals surface area contributed by atoms with Gasteiger partial charge in [-0.05, 0) is 18.6 Å². The van der Waals surface area contributed by atoms with E-state index in [1.54, 1.807) is 25.3 Å². The molecule has 1 aromatic heterocycles. The topological polar surface area (TPSA) is 88.5 Å². The number of amides is 1. The molecule has 0 aliphatic rings. The third-order valence-electron chi connectivity index (χ3n) is 1.98. The number of aliphatic carboxylic acids is 1. The number of nitrogens with one attached hydrogen (secondary N) is 1. The maximum absolute atomic E-state index is 11.6. The number of carbonyl (C=O) groups is 2. The summed E-state index contributed by atoms with van der Waals surface area (Å²) >= 11 is 0. The number of aryl methyl sites for hydroxylation is 1. The van der Waals surface area contributed by atoms with Crippen LogP contribution in [0.1, 0.15) is 16.1 Å². The van der Waals surface area contributed by atoms with Crippen molar-refractivity contribution in [1.29, 1.82) is 0 Å². The summed E-state index contributed by atoms with van der Waals surface area (Å²) in [4.78, 5) is 25.7. The van der Waals surface area contributed by atoms with Crippen LogP contribution in [0.4, 0.5) is 0 Å². The first-order chi connectivity index (χ1) is 8.11. The van der Waals surface area contributed by atoms with Gasteiger partial charge in [-0.25, -0.2) is 4.79 Å². The Morgan fingerprint density at radius 2 is 2.29 bits per heavy atom. The van der Waals surface area contributed by atoms with E-state index >= 15 is 0 Å². The van der Waals surface area contributed by atoms with Gasteiger partial charge in [0.2, 0.25) is 0 Å². The van der Waals surface area contributed by atoms with E-state index in [0.717, 1.165) is 5.56 Å². The minimum absolute atomic E-state index is 0.157. The zero-order chi connectivity index (χ0) is 12.7. The first-order valence-electron chi connectivity index (χ1n) is 5.10. The average molecular weight is 238 g/mol. The van der Waals surface area contributed by atoms with E-state index in [1.807, 2.05) is 0 Å². The number of ether oxygens (including phenoxy) is 1. The lowest BCUT2D eigenvalue weighted by Crippen LogP contribution is -2.29. The second-order valence-corrected chi connectivity index (χ2v) is 3.37. The fourth-order valence-electron chi connectivity index (χ4n) is 1.20. The number of carboxylic acid groups (broad SMARTS) is 1. The summed E-state index contributed by atoms with van der Waals surface area (Å²) < 4.78 is 4.78. The third kappa shape index (κ3) is 4.60. The Bertz CT molecular complexity index is 406. The maximum atomic E-state index is 11.6. The lowest BCUT2D eigenvalue weighted by atomic mass is 10.2. The van der Waals surface area contributed by atoms with Crippen molar-refractivity contribution in [2.24, 2.45) is 0 Å². The zero-order valence-corrected chi connectivity index (χ0v) is 9.47. The smallest absolute Gasteiger partial charge is 0.329 e. The Morgan fingerprint density at radius 1 is 1.53 bits per heavy atom. The first-order valence-corrected chi connectivity index (χ1v) is 5.10. The van der Waals surface area contributed by atoms with Crippen molar-refractivity contribution in [2.45, 2.75) is 6.92 Å². The average Bonchev–Trinajstić information content (AvgIpc) is 2.28. The second kappa shape index (κ2) is 6.59. The minimum atomic E-state index is -1.03. The summed E-state index contributed by atoms with van der Waals surface area (Å²) in [6.45, 7) is 1.84. The van der Waals surface area contributed by atoms with E-state index < -0.39 is 5.97 Å². The lowest BCUT2D eigenvalue weighted by Gasteiger charge is -2.06. The monoisotopic (exact) mass is 238 g/mol. The Labute approximate surface area is 98.6 Å². The van der Waals surface area contributed by atoms with Crippen LogP contribution in [-0.2, 0) is 9.53 Å². The Hall–Kier alpha value is -1.95. The molecule has 1 rings (SSSR count). The highest BCUT2D eigenvalue weighted by Crippen LogP contribution is 2.02. The van der Waals surface area contributed by atoms with Crippen LogP contribution in [0.15, 0.2) is 18.3 Å². The van der Waals surface area contributed by atoms with Gasteiger partial charge in [-0.3, -0.25) is 9.78 Å². The minimum Gasteiger partial charge on any atom is -0.480 e. The van der Waals surface area contributed by atoms with Gasteiger partial charge in [0, 0.05) is 12.7 Å². The molecule has 1 amide bonds. The van der Waals surface area contributed by atoms with Crippen molar-refractivity contribution in [2.75, 3.05) is 19.8 Å².